The average molecular weight is 766 g/mol. The summed E-state index contributed by atoms with van der Waals surface area (Å²) in [6.07, 6.45) is 0. The summed E-state index contributed by atoms with van der Waals surface area (Å²) in [6, 6.07) is 76.8. The summed E-state index contributed by atoms with van der Waals surface area (Å²) in [6.45, 7) is 0. The van der Waals surface area contributed by atoms with Gasteiger partial charge in [-0.3, -0.25) is 4.57 Å². The molecule has 0 saturated carbocycles. The molecule has 0 N–H and O–H groups in total. The molecule has 13 rings (SSSR count). The van der Waals surface area contributed by atoms with Crippen LogP contribution in [0.2, 0.25) is 0 Å². The van der Waals surface area contributed by atoms with E-state index >= 15 is 0 Å². The monoisotopic (exact) mass is 765 g/mol. The fourth-order valence-electron chi connectivity index (χ4n) is 9.89. The smallest absolute Gasteiger partial charge is 0.145 e. The Morgan fingerprint density at radius 3 is 1.03 bits per heavy atom. The molecular weight excluding hydrogens is 731 g/mol. The molecule has 0 aliphatic rings. The number of benzene rings is 9. The molecule has 0 fully saturated rings. The van der Waals surface area contributed by atoms with Crippen LogP contribution < -0.4 is 0 Å². The second kappa shape index (κ2) is 12.7. The van der Waals surface area contributed by atoms with Crippen LogP contribution in [0.3, 0.4) is 0 Å². The number of hydrogen-bond donors (Lipinski definition) is 0. The third-order valence-corrected chi connectivity index (χ3v) is 12.4. The highest BCUT2D eigenvalue weighted by Crippen LogP contribution is 2.44. The van der Waals surface area contributed by atoms with Gasteiger partial charge in [0.25, 0.3) is 0 Å². The van der Waals surface area contributed by atoms with Gasteiger partial charge in [0.05, 0.1) is 66.9 Å². The van der Waals surface area contributed by atoms with Crippen molar-refractivity contribution in [1.29, 1.82) is 0 Å². The summed E-state index contributed by atoms with van der Waals surface area (Å²) < 4.78 is 9.84. The van der Waals surface area contributed by atoms with Crippen molar-refractivity contribution in [2.75, 3.05) is 0 Å². The minimum absolute atomic E-state index is 0.880. The van der Waals surface area contributed by atoms with E-state index in [4.69, 9.17) is 4.98 Å². The van der Waals surface area contributed by atoms with E-state index < -0.39 is 0 Å². The van der Waals surface area contributed by atoms with E-state index in [0.29, 0.717) is 0 Å². The zero-order chi connectivity index (χ0) is 39.3. The largest absolute Gasteiger partial charge is 0.309 e. The highest BCUT2D eigenvalue weighted by atomic mass is 15.2. The molecule has 4 aromatic heterocycles. The molecule has 4 heterocycles. The van der Waals surface area contributed by atoms with Gasteiger partial charge in [-0.2, -0.15) is 0 Å². The third-order valence-electron chi connectivity index (χ3n) is 12.4. The average Bonchev–Trinajstić information content (AvgIpc) is 4.06. The summed E-state index contributed by atoms with van der Waals surface area (Å²) in [4.78, 5) is 5.45. The number of para-hydroxylation sites is 8. The van der Waals surface area contributed by atoms with Crippen LogP contribution in [-0.2, 0) is 0 Å². The molecule has 13 aromatic rings. The molecule has 0 spiro atoms. The molecule has 0 aliphatic carbocycles. The lowest BCUT2D eigenvalue weighted by Crippen LogP contribution is -2.12. The maximum Gasteiger partial charge on any atom is 0.145 e. The van der Waals surface area contributed by atoms with Crippen LogP contribution in [0.5, 0.6) is 0 Å². The van der Waals surface area contributed by atoms with Crippen LogP contribution in [0.15, 0.2) is 212 Å². The first-order chi connectivity index (χ1) is 29.8. The molecule has 60 heavy (non-hydrogen) atoms. The van der Waals surface area contributed by atoms with Gasteiger partial charge in [0.15, 0.2) is 0 Å². The second-order valence-electron chi connectivity index (χ2n) is 15.6. The Morgan fingerprint density at radius 1 is 0.283 bits per heavy atom. The molecule has 0 unspecified atom stereocenters. The van der Waals surface area contributed by atoms with Crippen molar-refractivity contribution in [1.82, 2.24) is 23.3 Å². The van der Waals surface area contributed by atoms with Crippen LogP contribution >= 0.6 is 0 Å². The molecule has 0 saturated heterocycles. The Balaban J connectivity index is 1.31. The molecule has 280 valence electrons. The number of imidazole rings is 1. The zero-order valence-electron chi connectivity index (χ0n) is 32.4. The Hall–Kier alpha value is -8.15. The van der Waals surface area contributed by atoms with Crippen molar-refractivity contribution in [3.8, 4) is 34.1 Å². The normalized spacial score (nSPS) is 12.0. The van der Waals surface area contributed by atoms with Crippen molar-refractivity contribution in [2.45, 2.75) is 0 Å². The van der Waals surface area contributed by atoms with Gasteiger partial charge in [0.2, 0.25) is 0 Å². The van der Waals surface area contributed by atoms with E-state index in [1.807, 2.05) is 0 Å². The number of hydrogen-bond acceptors (Lipinski definition) is 1. The van der Waals surface area contributed by atoms with Crippen molar-refractivity contribution in [2.24, 2.45) is 0 Å². The molecule has 0 amide bonds. The van der Waals surface area contributed by atoms with E-state index in [-0.39, 0.29) is 0 Å². The van der Waals surface area contributed by atoms with Crippen molar-refractivity contribution < 1.29 is 0 Å². The third kappa shape index (κ3) is 4.60. The molecule has 9 aromatic carbocycles. The first-order valence-electron chi connectivity index (χ1n) is 20.5. The summed E-state index contributed by atoms with van der Waals surface area (Å²) in [7, 11) is 0. The fourth-order valence-corrected chi connectivity index (χ4v) is 9.89. The van der Waals surface area contributed by atoms with Gasteiger partial charge in [0.1, 0.15) is 5.82 Å². The van der Waals surface area contributed by atoms with Gasteiger partial charge in [-0.05, 0) is 60.7 Å². The summed E-state index contributed by atoms with van der Waals surface area (Å²) in [5.41, 5.74) is 14.1. The molecule has 0 radical (unpaired) electrons. The lowest BCUT2D eigenvalue weighted by atomic mass is 10.1. The predicted octanol–water partition coefficient (Wildman–Crippen LogP) is 14.0. The quantitative estimate of drug-likeness (QED) is 0.172. The Labute approximate surface area is 344 Å². The Bertz CT molecular complexity index is 3540. The van der Waals surface area contributed by atoms with Gasteiger partial charge in [0, 0.05) is 37.9 Å². The molecule has 0 bridgehead atoms. The number of fused-ring (bicyclic) bond motifs is 10. The summed E-state index contributed by atoms with van der Waals surface area (Å²) in [5.74, 6) is 0.880. The van der Waals surface area contributed by atoms with Gasteiger partial charge >= 0.3 is 0 Å². The molecule has 0 aliphatic heterocycles. The fraction of sp³-hybridized carbons (Fsp3) is 0. The first-order valence-corrected chi connectivity index (χ1v) is 20.5. The maximum absolute atomic E-state index is 5.45. The van der Waals surface area contributed by atoms with Gasteiger partial charge in [-0.25, -0.2) is 4.98 Å². The first kappa shape index (κ1) is 32.9. The lowest BCUT2D eigenvalue weighted by Gasteiger charge is -2.24. The van der Waals surface area contributed by atoms with Crippen LogP contribution in [0.1, 0.15) is 0 Å². The van der Waals surface area contributed by atoms with E-state index in [1.165, 1.54) is 32.3 Å². The molecule has 5 nitrogen and oxygen atoms in total. The maximum atomic E-state index is 5.45. The topological polar surface area (TPSA) is 32.6 Å². The lowest BCUT2D eigenvalue weighted by molar-refractivity contribution is 1.01. The Kier molecular flexibility index (Phi) is 6.95. The summed E-state index contributed by atoms with van der Waals surface area (Å²) in [5, 5.41) is 7.27. The van der Waals surface area contributed by atoms with Crippen LogP contribution in [-0.4, -0.2) is 23.3 Å². The van der Waals surface area contributed by atoms with Gasteiger partial charge < -0.3 is 13.7 Å². The van der Waals surface area contributed by atoms with E-state index in [0.717, 1.165) is 78.3 Å². The molecular formula is C55H35N5. The van der Waals surface area contributed by atoms with Gasteiger partial charge in [-0.15, -0.1) is 0 Å². The number of rotatable bonds is 5. The van der Waals surface area contributed by atoms with Crippen molar-refractivity contribution >= 4 is 76.5 Å². The van der Waals surface area contributed by atoms with Crippen LogP contribution in [0.25, 0.3) is 111 Å². The van der Waals surface area contributed by atoms with E-state index in [1.54, 1.807) is 0 Å². The second-order valence-corrected chi connectivity index (χ2v) is 15.6. The molecule has 5 heteroatoms. The SMILES string of the molecule is c1ccc(-c2nc3ccccc3n2-c2c(-n3c4ccccc4c4ccccc43)cc(-n3c4ccccc4c4ccccc43)cc2-n2c3ccccc3c3ccccc32)cc1. The Morgan fingerprint density at radius 2 is 0.617 bits per heavy atom. The highest BCUT2D eigenvalue weighted by molar-refractivity contribution is 6.13. The van der Waals surface area contributed by atoms with Gasteiger partial charge in [-0.1, -0.05) is 152 Å². The van der Waals surface area contributed by atoms with E-state index in [9.17, 15) is 0 Å². The predicted molar refractivity (Wildman–Crippen MR) is 250 cm³/mol. The molecule has 0 atom stereocenters. The van der Waals surface area contributed by atoms with E-state index in [2.05, 4.69) is 231 Å². The number of nitrogens with zero attached hydrogens (tertiary/aromatic N) is 5. The number of aromatic nitrogens is 5. The van der Waals surface area contributed by atoms with Crippen molar-refractivity contribution in [3.05, 3.63) is 212 Å². The van der Waals surface area contributed by atoms with Crippen LogP contribution in [0.4, 0.5) is 0 Å². The minimum Gasteiger partial charge on any atom is -0.309 e. The minimum atomic E-state index is 0.880. The zero-order valence-corrected chi connectivity index (χ0v) is 32.4. The standard InChI is InChI=1S/C55H35N5/c1-2-18-36(19-3-1)55-56-44-26-10-17-33-51(44)60(55)54-52(58-47-29-13-6-22-40(47)41-23-7-14-30-48(41)58)34-37(57-45-27-11-4-20-38(45)39-21-5-12-28-46(39)57)35-53(54)59-49-31-15-8-24-42(49)43-25-9-16-32-50(43)59/h1-35H. The summed E-state index contributed by atoms with van der Waals surface area (Å²) >= 11 is 0. The van der Waals surface area contributed by atoms with Crippen LogP contribution in [0, 0.1) is 0 Å². The highest BCUT2D eigenvalue weighted by Gasteiger charge is 2.27. The van der Waals surface area contributed by atoms with Crippen molar-refractivity contribution in [3.63, 3.8) is 0 Å².